The topological polar surface area (TPSA) is 49.4 Å². The summed E-state index contributed by atoms with van der Waals surface area (Å²) in [4.78, 5) is 27.0. The first-order valence-corrected chi connectivity index (χ1v) is 9.75. The monoisotopic (exact) mass is 386 g/mol. The Kier molecular flexibility index (Phi) is 8.34. The minimum absolute atomic E-state index is 0.0575. The van der Waals surface area contributed by atoms with E-state index in [2.05, 4.69) is 5.32 Å². The molecule has 0 aliphatic heterocycles. The minimum atomic E-state index is -0.559. The van der Waals surface area contributed by atoms with Crippen molar-refractivity contribution in [3.63, 3.8) is 0 Å². The van der Waals surface area contributed by atoms with E-state index in [9.17, 15) is 9.59 Å². The molecule has 2 rings (SSSR count). The van der Waals surface area contributed by atoms with E-state index in [4.69, 9.17) is 11.6 Å². The Labute approximate surface area is 166 Å². The van der Waals surface area contributed by atoms with Gasteiger partial charge in [0, 0.05) is 24.5 Å². The molecule has 0 aliphatic carbocycles. The maximum Gasteiger partial charge on any atom is 0.242 e. The van der Waals surface area contributed by atoms with Crippen molar-refractivity contribution < 1.29 is 9.59 Å². The molecule has 0 radical (unpaired) electrons. The van der Waals surface area contributed by atoms with Gasteiger partial charge in [0.25, 0.3) is 0 Å². The maximum absolute atomic E-state index is 13.0. The quantitative estimate of drug-likeness (QED) is 0.701. The number of halogens is 1. The lowest BCUT2D eigenvalue weighted by Crippen LogP contribution is -2.47. The fourth-order valence-corrected chi connectivity index (χ4v) is 3.02. The number of hydrogen-bond donors (Lipinski definition) is 1. The van der Waals surface area contributed by atoms with Crippen LogP contribution in [0.2, 0.25) is 5.02 Å². The van der Waals surface area contributed by atoms with E-state index in [0.29, 0.717) is 31.0 Å². The Bertz CT molecular complexity index is 749. The van der Waals surface area contributed by atoms with Crippen LogP contribution in [0.4, 0.5) is 0 Å². The summed E-state index contributed by atoms with van der Waals surface area (Å²) in [5.74, 6) is -0.199. The lowest BCUT2D eigenvalue weighted by atomic mass is 10.1. The van der Waals surface area contributed by atoms with Gasteiger partial charge in [-0.05, 0) is 37.0 Å². The van der Waals surface area contributed by atoms with Gasteiger partial charge in [-0.3, -0.25) is 9.59 Å². The highest BCUT2D eigenvalue weighted by Gasteiger charge is 2.26. The third-order valence-corrected chi connectivity index (χ3v) is 4.85. The molecule has 0 saturated carbocycles. The molecule has 0 aromatic heterocycles. The molecule has 0 saturated heterocycles. The van der Waals surface area contributed by atoms with Crippen LogP contribution in [-0.2, 0) is 22.6 Å². The zero-order valence-electron chi connectivity index (χ0n) is 16.0. The van der Waals surface area contributed by atoms with Crippen LogP contribution in [-0.4, -0.2) is 29.3 Å². The second kappa shape index (κ2) is 10.7. The summed E-state index contributed by atoms with van der Waals surface area (Å²) in [5.41, 5.74) is 1.94. The average Bonchev–Trinajstić information content (AvgIpc) is 2.70. The van der Waals surface area contributed by atoms with Crippen LogP contribution in [0.25, 0.3) is 0 Å². The largest absolute Gasteiger partial charge is 0.354 e. The Morgan fingerprint density at radius 2 is 1.74 bits per heavy atom. The highest BCUT2D eigenvalue weighted by molar-refractivity contribution is 6.31. The molecule has 5 heteroatoms. The van der Waals surface area contributed by atoms with Crippen molar-refractivity contribution in [3.05, 3.63) is 70.7 Å². The summed E-state index contributed by atoms with van der Waals surface area (Å²) >= 11 is 6.28. The molecule has 2 aromatic rings. The first kappa shape index (κ1) is 21.0. The van der Waals surface area contributed by atoms with E-state index in [1.807, 2.05) is 55.5 Å². The molecule has 0 heterocycles. The molecule has 2 aromatic carbocycles. The molecule has 0 aliphatic rings. The van der Waals surface area contributed by atoms with Crippen molar-refractivity contribution >= 4 is 23.4 Å². The summed E-state index contributed by atoms with van der Waals surface area (Å²) in [6.07, 6.45) is 1.84. The molecule has 27 heavy (non-hydrogen) atoms. The third-order valence-electron chi connectivity index (χ3n) is 4.49. The third kappa shape index (κ3) is 6.40. The lowest BCUT2D eigenvalue weighted by Gasteiger charge is -2.29. The summed E-state index contributed by atoms with van der Waals surface area (Å²) in [6.45, 7) is 4.68. The van der Waals surface area contributed by atoms with Gasteiger partial charge in [0.2, 0.25) is 11.8 Å². The van der Waals surface area contributed by atoms with Gasteiger partial charge in [0.1, 0.15) is 6.04 Å². The highest BCUT2D eigenvalue weighted by Crippen LogP contribution is 2.19. The van der Waals surface area contributed by atoms with Crippen LogP contribution in [0.5, 0.6) is 0 Å². The fraction of sp³-hybridized carbons (Fsp3) is 0.364. The van der Waals surface area contributed by atoms with Gasteiger partial charge in [-0.15, -0.1) is 0 Å². The van der Waals surface area contributed by atoms with Gasteiger partial charge >= 0.3 is 0 Å². The van der Waals surface area contributed by atoms with E-state index in [1.165, 1.54) is 0 Å². The Morgan fingerprint density at radius 1 is 1.07 bits per heavy atom. The van der Waals surface area contributed by atoms with Crippen LogP contribution in [0.15, 0.2) is 54.6 Å². The predicted molar refractivity (Wildman–Crippen MR) is 110 cm³/mol. The first-order chi connectivity index (χ1) is 13.0. The number of rotatable bonds is 9. The zero-order chi connectivity index (χ0) is 19.6. The van der Waals surface area contributed by atoms with Crippen molar-refractivity contribution in [2.24, 2.45) is 0 Å². The van der Waals surface area contributed by atoms with Gasteiger partial charge < -0.3 is 10.2 Å². The van der Waals surface area contributed by atoms with Crippen molar-refractivity contribution in [2.75, 3.05) is 6.54 Å². The SMILES string of the molecule is CCCNC(=O)C(C)N(Cc1ccccc1Cl)C(=O)CCc1ccccc1. The second-order valence-corrected chi connectivity index (χ2v) is 6.97. The van der Waals surface area contributed by atoms with Crippen LogP contribution in [0.1, 0.15) is 37.8 Å². The van der Waals surface area contributed by atoms with Gasteiger partial charge in [-0.25, -0.2) is 0 Å². The molecular weight excluding hydrogens is 360 g/mol. The highest BCUT2D eigenvalue weighted by atomic mass is 35.5. The summed E-state index contributed by atoms with van der Waals surface area (Å²) in [7, 11) is 0. The number of carbonyl (C=O) groups excluding carboxylic acids is 2. The molecule has 0 fully saturated rings. The van der Waals surface area contributed by atoms with Crippen molar-refractivity contribution in [1.82, 2.24) is 10.2 Å². The number of hydrogen-bond acceptors (Lipinski definition) is 2. The molecule has 1 unspecified atom stereocenters. The molecule has 144 valence electrons. The van der Waals surface area contributed by atoms with Crippen LogP contribution in [0, 0.1) is 0 Å². The second-order valence-electron chi connectivity index (χ2n) is 6.57. The van der Waals surface area contributed by atoms with Gasteiger partial charge in [0.05, 0.1) is 0 Å². The van der Waals surface area contributed by atoms with E-state index >= 15 is 0 Å². The molecular formula is C22H27ClN2O2. The normalized spacial score (nSPS) is 11.7. The number of carbonyl (C=O) groups is 2. The van der Waals surface area contributed by atoms with Crippen molar-refractivity contribution in [1.29, 1.82) is 0 Å². The summed E-state index contributed by atoms with van der Waals surface area (Å²) in [6, 6.07) is 16.7. The number of amides is 2. The average molecular weight is 387 g/mol. The maximum atomic E-state index is 13.0. The van der Waals surface area contributed by atoms with Crippen molar-refractivity contribution in [3.8, 4) is 0 Å². The summed E-state index contributed by atoms with van der Waals surface area (Å²) in [5, 5.41) is 3.47. The predicted octanol–water partition coefficient (Wildman–Crippen LogP) is 4.22. The lowest BCUT2D eigenvalue weighted by molar-refractivity contribution is -0.140. The van der Waals surface area contributed by atoms with Gasteiger partial charge in [-0.1, -0.05) is 67.1 Å². The Morgan fingerprint density at radius 3 is 2.41 bits per heavy atom. The first-order valence-electron chi connectivity index (χ1n) is 9.37. The number of aryl methyl sites for hydroxylation is 1. The zero-order valence-corrected chi connectivity index (χ0v) is 16.7. The van der Waals surface area contributed by atoms with E-state index in [-0.39, 0.29) is 11.8 Å². The molecule has 0 bridgehead atoms. The number of nitrogens with one attached hydrogen (secondary N) is 1. The van der Waals surface area contributed by atoms with Crippen LogP contribution < -0.4 is 5.32 Å². The molecule has 2 amide bonds. The van der Waals surface area contributed by atoms with Gasteiger partial charge in [0.15, 0.2) is 0 Å². The van der Waals surface area contributed by atoms with Crippen LogP contribution >= 0.6 is 11.6 Å². The van der Waals surface area contributed by atoms with E-state index in [1.54, 1.807) is 17.9 Å². The fourth-order valence-electron chi connectivity index (χ4n) is 2.83. The Balaban J connectivity index is 2.13. The molecule has 1 N–H and O–H groups in total. The summed E-state index contributed by atoms with van der Waals surface area (Å²) < 4.78 is 0. The molecule has 1 atom stereocenters. The van der Waals surface area contributed by atoms with E-state index < -0.39 is 6.04 Å². The molecule has 4 nitrogen and oxygen atoms in total. The van der Waals surface area contributed by atoms with Gasteiger partial charge in [-0.2, -0.15) is 0 Å². The molecule has 0 spiro atoms. The number of benzene rings is 2. The number of nitrogens with zero attached hydrogens (tertiary/aromatic N) is 1. The van der Waals surface area contributed by atoms with E-state index in [0.717, 1.165) is 17.5 Å². The Hall–Kier alpha value is -2.33. The van der Waals surface area contributed by atoms with Crippen molar-refractivity contribution in [2.45, 2.75) is 45.7 Å². The standard InChI is InChI=1S/C22H27ClN2O2/c1-3-15-24-22(27)17(2)25(16-19-11-7-8-12-20(19)23)21(26)14-13-18-9-5-4-6-10-18/h4-12,17H,3,13-16H2,1-2H3,(H,24,27). The van der Waals surface area contributed by atoms with Crippen LogP contribution in [0.3, 0.4) is 0 Å². The minimum Gasteiger partial charge on any atom is -0.354 e. The smallest absolute Gasteiger partial charge is 0.242 e.